The third-order valence-electron chi connectivity index (χ3n) is 4.36. The molecule has 0 fully saturated rings. The zero-order chi connectivity index (χ0) is 19.9. The number of aromatic nitrogens is 1. The van der Waals surface area contributed by atoms with Gasteiger partial charge in [-0.15, -0.1) is 0 Å². The highest BCUT2D eigenvalue weighted by Gasteiger charge is 2.17. The standard InChI is InChI=1S/C18H19N3O4S2/c1-11-5-6-12(9-15(11)21(3)27(4,24)25)17(22)19-13-7-8-14-16(10-13)26-18(23)20(14)2/h5-10H,1-4H3,(H,19,22). The van der Waals surface area contributed by atoms with E-state index >= 15 is 0 Å². The van der Waals surface area contributed by atoms with Crippen LogP contribution in [0.15, 0.2) is 41.2 Å². The van der Waals surface area contributed by atoms with Gasteiger partial charge in [-0.3, -0.25) is 13.9 Å². The zero-order valence-corrected chi connectivity index (χ0v) is 16.9. The summed E-state index contributed by atoms with van der Waals surface area (Å²) >= 11 is 1.11. The second-order valence-electron chi connectivity index (χ2n) is 6.30. The molecule has 0 atom stereocenters. The monoisotopic (exact) mass is 405 g/mol. The second-order valence-corrected chi connectivity index (χ2v) is 9.30. The highest BCUT2D eigenvalue weighted by molar-refractivity contribution is 7.92. The molecule has 0 bridgehead atoms. The molecule has 0 saturated heterocycles. The number of aryl methyl sites for hydroxylation is 2. The Morgan fingerprint density at radius 2 is 1.89 bits per heavy atom. The Morgan fingerprint density at radius 1 is 1.19 bits per heavy atom. The van der Waals surface area contributed by atoms with Gasteiger partial charge in [0, 0.05) is 25.3 Å². The molecule has 27 heavy (non-hydrogen) atoms. The number of sulfonamides is 1. The van der Waals surface area contributed by atoms with E-state index in [-0.39, 0.29) is 10.8 Å². The first-order valence-corrected chi connectivity index (χ1v) is 10.7. The number of amides is 1. The lowest BCUT2D eigenvalue weighted by molar-refractivity contribution is 0.102. The highest BCUT2D eigenvalue weighted by atomic mass is 32.2. The molecule has 1 N–H and O–H groups in total. The topological polar surface area (TPSA) is 88.5 Å². The molecule has 142 valence electrons. The Balaban J connectivity index is 1.91. The second kappa shape index (κ2) is 6.82. The van der Waals surface area contributed by atoms with Gasteiger partial charge in [0.1, 0.15) is 0 Å². The van der Waals surface area contributed by atoms with Gasteiger partial charge >= 0.3 is 4.87 Å². The van der Waals surface area contributed by atoms with Crippen LogP contribution in [-0.4, -0.2) is 32.2 Å². The van der Waals surface area contributed by atoms with Crippen molar-refractivity contribution >= 4 is 48.9 Å². The molecule has 1 heterocycles. The fraction of sp³-hybridized carbons (Fsp3) is 0.222. The van der Waals surface area contributed by atoms with E-state index in [1.807, 2.05) is 0 Å². The molecule has 0 unspecified atom stereocenters. The molecule has 3 aromatic rings. The van der Waals surface area contributed by atoms with E-state index in [0.717, 1.165) is 37.7 Å². The molecule has 1 aromatic heterocycles. The minimum absolute atomic E-state index is 0.0690. The SMILES string of the molecule is Cc1ccc(C(=O)Nc2ccc3c(c2)sc(=O)n3C)cc1N(C)S(C)(=O)=O. The number of anilines is 2. The molecule has 0 saturated carbocycles. The van der Waals surface area contributed by atoms with Crippen molar-refractivity contribution < 1.29 is 13.2 Å². The van der Waals surface area contributed by atoms with Crippen molar-refractivity contribution in [3.05, 3.63) is 57.2 Å². The van der Waals surface area contributed by atoms with Crippen molar-refractivity contribution in [1.82, 2.24) is 4.57 Å². The number of nitrogens with one attached hydrogen (secondary N) is 1. The molecular formula is C18H19N3O4S2. The van der Waals surface area contributed by atoms with Gasteiger partial charge in [0.25, 0.3) is 5.91 Å². The van der Waals surface area contributed by atoms with Crippen molar-refractivity contribution in [2.24, 2.45) is 7.05 Å². The van der Waals surface area contributed by atoms with Crippen LogP contribution in [0.3, 0.4) is 0 Å². The third-order valence-corrected chi connectivity index (χ3v) is 6.55. The predicted octanol–water partition coefficient (Wildman–Crippen LogP) is 2.56. The van der Waals surface area contributed by atoms with Gasteiger partial charge in [0.05, 0.1) is 22.2 Å². The lowest BCUT2D eigenvalue weighted by Crippen LogP contribution is -2.26. The van der Waals surface area contributed by atoms with Crippen LogP contribution in [-0.2, 0) is 17.1 Å². The van der Waals surface area contributed by atoms with Crippen LogP contribution in [0.2, 0.25) is 0 Å². The van der Waals surface area contributed by atoms with Crippen molar-refractivity contribution in [2.45, 2.75) is 6.92 Å². The average molecular weight is 406 g/mol. The Hall–Kier alpha value is -2.65. The molecule has 0 aliphatic rings. The van der Waals surface area contributed by atoms with E-state index in [2.05, 4.69) is 5.32 Å². The van der Waals surface area contributed by atoms with Crippen LogP contribution < -0.4 is 14.5 Å². The largest absolute Gasteiger partial charge is 0.322 e. The first-order valence-electron chi connectivity index (χ1n) is 8.03. The van der Waals surface area contributed by atoms with E-state index in [4.69, 9.17) is 0 Å². The molecule has 0 radical (unpaired) electrons. The molecule has 0 spiro atoms. The summed E-state index contributed by atoms with van der Waals surface area (Å²) in [6.07, 6.45) is 1.11. The molecular weight excluding hydrogens is 386 g/mol. The van der Waals surface area contributed by atoms with Crippen molar-refractivity contribution in [1.29, 1.82) is 0 Å². The van der Waals surface area contributed by atoms with E-state index in [1.165, 1.54) is 7.05 Å². The number of fused-ring (bicyclic) bond motifs is 1. The van der Waals surface area contributed by atoms with Crippen LogP contribution in [0.4, 0.5) is 11.4 Å². The van der Waals surface area contributed by atoms with Gasteiger partial charge in [-0.1, -0.05) is 17.4 Å². The first-order chi connectivity index (χ1) is 12.6. The summed E-state index contributed by atoms with van der Waals surface area (Å²) in [6, 6.07) is 10.1. The van der Waals surface area contributed by atoms with Gasteiger partial charge in [0.15, 0.2) is 0 Å². The van der Waals surface area contributed by atoms with Crippen molar-refractivity contribution in [2.75, 3.05) is 22.9 Å². The molecule has 7 nitrogen and oxygen atoms in total. The normalized spacial score (nSPS) is 11.6. The molecule has 0 aliphatic heterocycles. The summed E-state index contributed by atoms with van der Waals surface area (Å²) < 4.78 is 27.1. The lowest BCUT2D eigenvalue weighted by Gasteiger charge is -2.19. The molecule has 1 amide bonds. The first kappa shape index (κ1) is 19.1. The predicted molar refractivity (Wildman–Crippen MR) is 109 cm³/mol. The minimum Gasteiger partial charge on any atom is -0.322 e. The van der Waals surface area contributed by atoms with Crippen LogP contribution in [0, 0.1) is 6.92 Å². The number of nitrogens with zero attached hydrogens (tertiary/aromatic N) is 2. The van der Waals surface area contributed by atoms with Gasteiger partial charge in [0.2, 0.25) is 10.0 Å². The summed E-state index contributed by atoms with van der Waals surface area (Å²) in [5.41, 5.74) is 2.90. The number of hydrogen-bond donors (Lipinski definition) is 1. The maximum Gasteiger partial charge on any atom is 0.307 e. The zero-order valence-electron chi connectivity index (χ0n) is 15.3. The summed E-state index contributed by atoms with van der Waals surface area (Å²) in [4.78, 5) is 24.3. The minimum atomic E-state index is -3.43. The van der Waals surface area contributed by atoms with E-state index < -0.39 is 10.0 Å². The summed E-state index contributed by atoms with van der Waals surface area (Å²) in [5, 5.41) is 2.79. The van der Waals surface area contributed by atoms with Crippen molar-refractivity contribution in [3.63, 3.8) is 0 Å². The van der Waals surface area contributed by atoms with E-state index in [9.17, 15) is 18.0 Å². The van der Waals surface area contributed by atoms with E-state index in [1.54, 1.807) is 54.9 Å². The van der Waals surface area contributed by atoms with Crippen LogP contribution in [0.5, 0.6) is 0 Å². The third kappa shape index (κ3) is 3.74. The van der Waals surface area contributed by atoms with Crippen LogP contribution in [0.1, 0.15) is 15.9 Å². The average Bonchev–Trinajstić information content (AvgIpc) is 2.87. The quantitative estimate of drug-likeness (QED) is 0.723. The number of hydrogen-bond acceptors (Lipinski definition) is 5. The number of rotatable bonds is 4. The Labute approximate surface area is 160 Å². The summed E-state index contributed by atoms with van der Waals surface area (Å²) in [7, 11) is -0.286. The summed E-state index contributed by atoms with van der Waals surface area (Å²) in [5.74, 6) is -0.360. The Kier molecular flexibility index (Phi) is 4.83. The van der Waals surface area contributed by atoms with Gasteiger partial charge < -0.3 is 9.88 Å². The van der Waals surface area contributed by atoms with Crippen LogP contribution >= 0.6 is 11.3 Å². The Morgan fingerprint density at radius 3 is 2.56 bits per heavy atom. The lowest BCUT2D eigenvalue weighted by atomic mass is 10.1. The van der Waals surface area contributed by atoms with Crippen LogP contribution in [0.25, 0.3) is 10.2 Å². The Bertz CT molecular complexity index is 1210. The summed E-state index contributed by atoms with van der Waals surface area (Å²) in [6.45, 7) is 1.78. The maximum atomic E-state index is 12.6. The molecule has 0 aliphatic carbocycles. The van der Waals surface area contributed by atoms with Gasteiger partial charge in [-0.05, 0) is 42.8 Å². The molecule has 2 aromatic carbocycles. The van der Waals surface area contributed by atoms with Gasteiger partial charge in [-0.2, -0.15) is 0 Å². The van der Waals surface area contributed by atoms with Crippen molar-refractivity contribution in [3.8, 4) is 0 Å². The fourth-order valence-electron chi connectivity index (χ4n) is 2.68. The van der Waals surface area contributed by atoms with E-state index in [0.29, 0.717) is 16.9 Å². The smallest absolute Gasteiger partial charge is 0.307 e. The number of carbonyl (C=O) groups excluding carboxylic acids is 1. The number of benzene rings is 2. The highest BCUT2D eigenvalue weighted by Crippen LogP contribution is 2.25. The fourth-order valence-corrected chi connectivity index (χ4v) is 4.16. The van der Waals surface area contributed by atoms with Gasteiger partial charge in [-0.25, -0.2) is 8.42 Å². The number of thiazole rings is 1. The number of carbonyl (C=O) groups is 1. The maximum absolute atomic E-state index is 12.6. The molecule has 9 heteroatoms. The molecule has 3 rings (SSSR count).